The van der Waals surface area contributed by atoms with E-state index < -0.39 is 0 Å². The van der Waals surface area contributed by atoms with E-state index in [1.54, 1.807) is 0 Å². The topological polar surface area (TPSA) is 41.1 Å². The molecule has 17 heavy (non-hydrogen) atoms. The normalized spacial score (nSPS) is 14.5. The standard InChI is InChI=1S/C13H22N4/c1-4-12-15-11-9-14-8-7-10(11)13(16-12)17(5-2)6-3/h14H,4-9H2,1-3H3. The summed E-state index contributed by atoms with van der Waals surface area (Å²) >= 11 is 0. The van der Waals surface area contributed by atoms with E-state index >= 15 is 0 Å². The van der Waals surface area contributed by atoms with Crippen LogP contribution in [0.1, 0.15) is 37.9 Å². The van der Waals surface area contributed by atoms with Crippen molar-refractivity contribution in [2.75, 3.05) is 24.5 Å². The summed E-state index contributed by atoms with van der Waals surface area (Å²) in [5.41, 5.74) is 2.55. The Morgan fingerprint density at radius 2 is 1.94 bits per heavy atom. The van der Waals surface area contributed by atoms with E-state index in [0.29, 0.717) is 0 Å². The van der Waals surface area contributed by atoms with Gasteiger partial charge in [0, 0.05) is 31.6 Å². The molecule has 1 aromatic heterocycles. The lowest BCUT2D eigenvalue weighted by molar-refractivity contribution is 0.613. The van der Waals surface area contributed by atoms with Crippen LogP contribution in [0.25, 0.3) is 0 Å². The Bertz CT molecular complexity index is 385. The van der Waals surface area contributed by atoms with Crippen LogP contribution in [0.15, 0.2) is 0 Å². The zero-order chi connectivity index (χ0) is 12.3. The van der Waals surface area contributed by atoms with Crippen LogP contribution >= 0.6 is 0 Å². The molecule has 2 heterocycles. The van der Waals surface area contributed by atoms with E-state index in [1.165, 1.54) is 17.1 Å². The van der Waals surface area contributed by atoms with Crippen molar-refractivity contribution in [2.24, 2.45) is 0 Å². The minimum Gasteiger partial charge on any atom is -0.357 e. The van der Waals surface area contributed by atoms with E-state index in [2.05, 4.69) is 36.0 Å². The van der Waals surface area contributed by atoms with Crippen LogP contribution in [0.2, 0.25) is 0 Å². The molecule has 0 radical (unpaired) electrons. The van der Waals surface area contributed by atoms with Crippen molar-refractivity contribution in [3.8, 4) is 0 Å². The highest BCUT2D eigenvalue weighted by Gasteiger charge is 2.19. The Balaban J connectivity index is 2.47. The average molecular weight is 234 g/mol. The van der Waals surface area contributed by atoms with Crippen molar-refractivity contribution in [1.82, 2.24) is 15.3 Å². The van der Waals surface area contributed by atoms with Gasteiger partial charge in [-0.2, -0.15) is 0 Å². The molecular formula is C13H22N4. The summed E-state index contributed by atoms with van der Waals surface area (Å²) in [4.78, 5) is 11.7. The molecule has 0 atom stereocenters. The summed E-state index contributed by atoms with van der Waals surface area (Å²) in [6.07, 6.45) is 1.95. The summed E-state index contributed by atoms with van der Waals surface area (Å²) in [5, 5.41) is 3.39. The first-order chi connectivity index (χ1) is 8.30. The highest BCUT2D eigenvalue weighted by molar-refractivity contribution is 5.50. The lowest BCUT2D eigenvalue weighted by Crippen LogP contribution is -2.31. The van der Waals surface area contributed by atoms with Gasteiger partial charge in [0.25, 0.3) is 0 Å². The highest BCUT2D eigenvalue weighted by Crippen LogP contribution is 2.23. The van der Waals surface area contributed by atoms with E-state index in [9.17, 15) is 0 Å². The van der Waals surface area contributed by atoms with Crippen molar-refractivity contribution in [3.63, 3.8) is 0 Å². The van der Waals surface area contributed by atoms with E-state index in [0.717, 1.165) is 44.8 Å². The fourth-order valence-corrected chi connectivity index (χ4v) is 2.33. The van der Waals surface area contributed by atoms with Crippen molar-refractivity contribution in [3.05, 3.63) is 17.1 Å². The second-order valence-corrected chi connectivity index (χ2v) is 4.34. The molecule has 0 bridgehead atoms. The minimum atomic E-state index is 0.888. The van der Waals surface area contributed by atoms with E-state index in [-0.39, 0.29) is 0 Å². The number of aryl methyl sites for hydroxylation is 1. The molecule has 4 nitrogen and oxygen atoms in total. The fraction of sp³-hybridized carbons (Fsp3) is 0.692. The Kier molecular flexibility index (Phi) is 3.94. The highest BCUT2D eigenvalue weighted by atomic mass is 15.2. The summed E-state index contributed by atoms with van der Waals surface area (Å²) in [7, 11) is 0. The number of fused-ring (bicyclic) bond motifs is 1. The molecule has 94 valence electrons. The van der Waals surface area contributed by atoms with Crippen LogP contribution in [0.3, 0.4) is 0 Å². The molecular weight excluding hydrogens is 212 g/mol. The number of rotatable bonds is 4. The third-order valence-electron chi connectivity index (χ3n) is 3.34. The molecule has 0 fully saturated rings. The Morgan fingerprint density at radius 1 is 1.18 bits per heavy atom. The molecule has 2 rings (SSSR count). The van der Waals surface area contributed by atoms with Crippen LogP contribution in [0, 0.1) is 0 Å². The van der Waals surface area contributed by atoms with E-state index in [1.807, 2.05) is 0 Å². The van der Waals surface area contributed by atoms with Gasteiger partial charge >= 0.3 is 0 Å². The van der Waals surface area contributed by atoms with Crippen molar-refractivity contribution in [1.29, 1.82) is 0 Å². The molecule has 0 saturated carbocycles. The molecule has 0 aliphatic carbocycles. The quantitative estimate of drug-likeness (QED) is 0.858. The van der Waals surface area contributed by atoms with Gasteiger partial charge in [-0.05, 0) is 26.8 Å². The Hall–Kier alpha value is -1.16. The van der Waals surface area contributed by atoms with Crippen LogP contribution < -0.4 is 10.2 Å². The SMILES string of the molecule is CCc1nc2c(c(N(CC)CC)n1)CCNC2. The van der Waals surface area contributed by atoms with Crippen molar-refractivity contribution in [2.45, 2.75) is 40.2 Å². The number of hydrogen-bond acceptors (Lipinski definition) is 4. The van der Waals surface area contributed by atoms with Crippen molar-refractivity contribution >= 4 is 5.82 Å². The van der Waals surface area contributed by atoms with Crippen LogP contribution in [-0.4, -0.2) is 29.6 Å². The third-order valence-corrected chi connectivity index (χ3v) is 3.34. The fourth-order valence-electron chi connectivity index (χ4n) is 2.33. The molecule has 1 aliphatic heterocycles. The zero-order valence-corrected chi connectivity index (χ0v) is 11.1. The minimum absolute atomic E-state index is 0.888. The first-order valence-corrected chi connectivity index (χ1v) is 6.64. The van der Waals surface area contributed by atoms with Gasteiger partial charge in [0.2, 0.25) is 0 Å². The molecule has 1 aromatic rings. The van der Waals surface area contributed by atoms with Gasteiger partial charge in [0.1, 0.15) is 11.6 Å². The smallest absolute Gasteiger partial charge is 0.135 e. The predicted molar refractivity (Wildman–Crippen MR) is 70.4 cm³/mol. The number of nitrogens with one attached hydrogen (secondary N) is 1. The first-order valence-electron chi connectivity index (χ1n) is 6.64. The first kappa shape index (κ1) is 12.3. The van der Waals surface area contributed by atoms with Gasteiger partial charge in [-0.25, -0.2) is 9.97 Å². The number of aromatic nitrogens is 2. The number of anilines is 1. The van der Waals surface area contributed by atoms with Gasteiger partial charge in [-0.1, -0.05) is 6.92 Å². The second-order valence-electron chi connectivity index (χ2n) is 4.34. The molecule has 0 spiro atoms. The summed E-state index contributed by atoms with van der Waals surface area (Å²) in [5.74, 6) is 2.13. The maximum Gasteiger partial charge on any atom is 0.135 e. The largest absolute Gasteiger partial charge is 0.357 e. The van der Waals surface area contributed by atoms with Gasteiger partial charge in [0.05, 0.1) is 5.69 Å². The molecule has 1 aliphatic rings. The maximum absolute atomic E-state index is 4.73. The van der Waals surface area contributed by atoms with Crippen LogP contribution in [-0.2, 0) is 19.4 Å². The number of hydrogen-bond donors (Lipinski definition) is 1. The summed E-state index contributed by atoms with van der Waals surface area (Å²) in [6.45, 7) is 10.4. The molecule has 4 heteroatoms. The van der Waals surface area contributed by atoms with Gasteiger partial charge < -0.3 is 10.2 Å². The monoisotopic (exact) mass is 234 g/mol. The van der Waals surface area contributed by atoms with Gasteiger partial charge in [-0.3, -0.25) is 0 Å². The van der Waals surface area contributed by atoms with Crippen LogP contribution in [0.5, 0.6) is 0 Å². The molecule has 0 saturated heterocycles. The van der Waals surface area contributed by atoms with E-state index in [4.69, 9.17) is 4.98 Å². The Labute approximate surface area is 103 Å². The molecule has 0 unspecified atom stereocenters. The Morgan fingerprint density at radius 3 is 2.59 bits per heavy atom. The lowest BCUT2D eigenvalue weighted by atomic mass is 10.1. The maximum atomic E-state index is 4.73. The molecule has 1 N–H and O–H groups in total. The summed E-state index contributed by atoms with van der Waals surface area (Å²) < 4.78 is 0. The average Bonchev–Trinajstić information content (AvgIpc) is 2.39. The lowest BCUT2D eigenvalue weighted by Gasteiger charge is -2.27. The second kappa shape index (κ2) is 5.45. The van der Waals surface area contributed by atoms with Gasteiger partial charge in [0.15, 0.2) is 0 Å². The predicted octanol–water partition coefficient (Wildman–Crippen LogP) is 1.53. The molecule has 0 amide bonds. The summed E-state index contributed by atoms with van der Waals surface area (Å²) in [6, 6.07) is 0. The number of nitrogens with zero attached hydrogens (tertiary/aromatic N) is 3. The molecule has 0 aromatic carbocycles. The zero-order valence-electron chi connectivity index (χ0n) is 11.1. The van der Waals surface area contributed by atoms with Gasteiger partial charge in [-0.15, -0.1) is 0 Å². The van der Waals surface area contributed by atoms with Crippen LogP contribution in [0.4, 0.5) is 5.82 Å². The van der Waals surface area contributed by atoms with Crippen molar-refractivity contribution < 1.29 is 0 Å². The third kappa shape index (κ3) is 2.41.